The fraction of sp³-hybridized carbons (Fsp3) is 0.308. The minimum atomic E-state index is -1.33. The molecule has 1 amide bonds. The Kier molecular flexibility index (Phi) is 2.68. The average molecular weight is 291 g/mol. The number of fused-ring (bicyclic) bond motifs is 2. The second kappa shape index (κ2) is 4.17. The third-order valence-corrected chi connectivity index (χ3v) is 3.78. The number of esters is 1. The highest BCUT2D eigenvalue weighted by Crippen LogP contribution is 2.40. The molecule has 1 aliphatic heterocycles. The molecular formula is C13H13N3O3S. The van der Waals surface area contributed by atoms with Crippen molar-refractivity contribution >= 4 is 40.8 Å². The number of hydrogen-bond acceptors (Lipinski definition) is 4. The van der Waals surface area contributed by atoms with E-state index in [-0.39, 0.29) is 12.5 Å². The molecule has 0 radical (unpaired) electrons. The number of ether oxygens (including phenoxy) is 1. The van der Waals surface area contributed by atoms with Gasteiger partial charge in [0.1, 0.15) is 0 Å². The second-order valence-electron chi connectivity index (χ2n) is 4.82. The van der Waals surface area contributed by atoms with E-state index >= 15 is 0 Å². The molecule has 1 aromatic carbocycles. The van der Waals surface area contributed by atoms with Gasteiger partial charge in [0.05, 0.1) is 17.6 Å². The van der Waals surface area contributed by atoms with Crippen molar-refractivity contribution in [2.75, 3.05) is 11.9 Å². The minimum absolute atomic E-state index is 0.228. The van der Waals surface area contributed by atoms with E-state index in [9.17, 15) is 9.59 Å². The molecule has 0 spiro atoms. The van der Waals surface area contributed by atoms with Crippen LogP contribution < -0.4 is 5.32 Å². The molecule has 104 valence electrons. The summed E-state index contributed by atoms with van der Waals surface area (Å²) in [5.41, 5.74) is 1.40. The molecule has 1 unspecified atom stereocenters. The van der Waals surface area contributed by atoms with Gasteiger partial charge in [0, 0.05) is 11.3 Å². The van der Waals surface area contributed by atoms with Crippen LogP contribution in [0.25, 0.3) is 11.0 Å². The summed E-state index contributed by atoms with van der Waals surface area (Å²) < 4.78 is 5.53. The second-order valence-corrected chi connectivity index (χ2v) is 5.23. The molecule has 0 aliphatic carbocycles. The molecule has 2 aromatic rings. The lowest BCUT2D eigenvalue weighted by atomic mass is 9.83. The highest BCUT2D eigenvalue weighted by Gasteiger charge is 2.50. The highest BCUT2D eigenvalue weighted by atomic mass is 32.1. The summed E-state index contributed by atoms with van der Waals surface area (Å²) in [5.74, 6) is -0.929. The van der Waals surface area contributed by atoms with E-state index in [4.69, 9.17) is 17.0 Å². The molecule has 1 aromatic heterocycles. The van der Waals surface area contributed by atoms with Gasteiger partial charge in [-0.05, 0) is 38.2 Å². The lowest BCUT2D eigenvalue weighted by Crippen LogP contribution is -2.40. The van der Waals surface area contributed by atoms with E-state index in [1.807, 2.05) is 0 Å². The zero-order chi connectivity index (χ0) is 14.5. The van der Waals surface area contributed by atoms with Gasteiger partial charge in [-0.25, -0.2) is 0 Å². The van der Waals surface area contributed by atoms with Gasteiger partial charge in [-0.2, -0.15) is 0 Å². The molecule has 7 heteroatoms. The van der Waals surface area contributed by atoms with Gasteiger partial charge >= 0.3 is 5.97 Å². The molecule has 0 saturated carbocycles. The topological polar surface area (TPSA) is 87.0 Å². The molecule has 0 bridgehead atoms. The van der Waals surface area contributed by atoms with Crippen molar-refractivity contribution in [3.05, 3.63) is 22.5 Å². The number of anilines is 1. The smallest absolute Gasteiger partial charge is 0.326 e. The van der Waals surface area contributed by atoms with Crippen LogP contribution in [-0.2, 0) is 19.7 Å². The Morgan fingerprint density at radius 3 is 2.65 bits per heavy atom. The van der Waals surface area contributed by atoms with Gasteiger partial charge in [-0.3, -0.25) is 9.59 Å². The number of hydrogen-bond donors (Lipinski definition) is 3. The fourth-order valence-corrected chi connectivity index (χ4v) is 2.67. The van der Waals surface area contributed by atoms with Crippen LogP contribution in [0.3, 0.4) is 0 Å². The highest BCUT2D eigenvalue weighted by molar-refractivity contribution is 7.71. The molecule has 3 rings (SSSR count). The lowest BCUT2D eigenvalue weighted by molar-refractivity contribution is -0.152. The van der Waals surface area contributed by atoms with E-state index < -0.39 is 11.4 Å². The summed E-state index contributed by atoms with van der Waals surface area (Å²) in [6, 6.07) is 3.52. The molecule has 3 N–H and O–H groups in total. The van der Waals surface area contributed by atoms with Crippen LogP contribution in [0.1, 0.15) is 19.4 Å². The SMILES string of the molecule is CCOC(=O)C1(C)C(=O)Nc2cc3[nH]c(=S)[nH]c3cc21. The molecule has 1 aliphatic rings. The first-order valence-corrected chi connectivity index (χ1v) is 6.63. The van der Waals surface area contributed by atoms with E-state index in [2.05, 4.69) is 15.3 Å². The Bertz CT molecular complexity index is 792. The Morgan fingerprint density at radius 2 is 2.00 bits per heavy atom. The van der Waals surface area contributed by atoms with Gasteiger partial charge in [0.2, 0.25) is 5.91 Å². The molecule has 6 nitrogen and oxygen atoms in total. The van der Waals surface area contributed by atoms with E-state index in [1.165, 1.54) is 0 Å². The molecule has 0 fully saturated rings. The number of aromatic amines is 2. The van der Waals surface area contributed by atoms with Crippen LogP contribution in [0, 0.1) is 4.77 Å². The quantitative estimate of drug-likeness (QED) is 0.448. The van der Waals surface area contributed by atoms with Crippen LogP contribution in [0.2, 0.25) is 0 Å². The van der Waals surface area contributed by atoms with Crippen LogP contribution in [0.4, 0.5) is 5.69 Å². The number of H-pyrrole nitrogens is 2. The molecule has 2 heterocycles. The molecule has 1 atom stereocenters. The van der Waals surface area contributed by atoms with Crippen LogP contribution >= 0.6 is 12.2 Å². The maximum absolute atomic E-state index is 12.2. The zero-order valence-corrected chi connectivity index (χ0v) is 11.8. The van der Waals surface area contributed by atoms with Crippen molar-refractivity contribution in [2.45, 2.75) is 19.3 Å². The number of aromatic nitrogens is 2. The van der Waals surface area contributed by atoms with Crippen molar-refractivity contribution in [3.8, 4) is 0 Å². The molecule has 20 heavy (non-hydrogen) atoms. The predicted molar refractivity (Wildman–Crippen MR) is 76.1 cm³/mol. The van der Waals surface area contributed by atoms with Crippen LogP contribution in [0.5, 0.6) is 0 Å². The Balaban J connectivity index is 2.22. The van der Waals surface area contributed by atoms with Crippen molar-refractivity contribution in [3.63, 3.8) is 0 Å². The maximum atomic E-state index is 12.2. The number of imidazole rings is 1. The van der Waals surface area contributed by atoms with E-state index in [0.29, 0.717) is 16.0 Å². The lowest BCUT2D eigenvalue weighted by Gasteiger charge is -2.19. The first-order chi connectivity index (χ1) is 9.46. The molecular weight excluding hydrogens is 278 g/mol. The van der Waals surface area contributed by atoms with Crippen molar-refractivity contribution < 1.29 is 14.3 Å². The van der Waals surface area contributed by atoms with E-state index in [1.54, 1.807) is 26.0 Å². The van der Waals surface area contributed by atoms with Gasteiger partial charge in [-0.15, -0.1) is 0 Å². The number of rotatable bonds is 2. The standard InChI is InChI=1S/C13H13N3O3S/c1-3-19-11(18)13(2)6-4-8-9(16-12(20)15-8)5-7(6)14-10(13)17/h4-5H,3H2,1-2H3,(H,14,17)(H2,15,16,20). The normalized spacial score (nSPS) is 20.8. The number of carbonyl (C=O) groups is 2. The fourth-order valence-electron chi connectivity index (χ4n) is 2.45. The summed E-state index contributed by atoms with van der Waals surface area (Å²) in [6.07, 6.45) is 0. The van der Waals surface area contributed by atoms with Gasteiger partial charge < -0.3 is 20.0 Å². The summed E-state index contributed by atoms with van der Waals surface area (Å²) in [7, 11) is 0. The minimum Gasteiger partial charge on any atom is -0.465 e. The summed E-state index contributed by atoms with van der Waals surface area (Å²) in [6.45, 7) is 3.51. The summed E-state index contributed by atoms with van der Waals surface area (Å²) >= 11 is 5.04. The maximum Gasteiger partial charge on any atom is 0.326 e. The van der Waals surface area contributed by atoms with Crippen LogP contribution in [-0.4, -0.2) is 28.5 Å². The number of carbonyl (C=O) groups excluding carboxylic acids is 2. The number of amides is 1. The first kappa shape index (κ1) is 12.9. The summed E-state index contributed by atoms with van der Waals surface area (Å²) in [5, 5.41) is 2.72. The summed E-state index contributed by atoms with van der Waals surface area (Å²) in [4.78, 5) is 30.3. The third-order valence-electron chi connectivity index (χ3n) is 3.58. The van der Waals surface area contributed by atoms with Crippen molar-refractivity contribution in [2.24, 2.45) is 0 Å². The predicted octanol–water partition coefficient (Wildman–Crippen LogP) is 2.00. The third kappa shape index (κ3) is 1.59. The zero-order valence-electron chi connectivity index (χ0n) is 11.0. The van der Waals surface area contributed by atoms with Gasteiger partial charge in [0.25, 0.3) is 0 Å². The first-order valence-electron chi connectivity index (χ1n) is 6.22. The van der Waals surface area contributed by atoms with Crippen molar-refractivity contribution in [1.82, 2.24) is 9.97 Å². The number of nitrogens with one attached hydrogen (secondary N) is 3. The van der Waals surface area contributed by atoms with Crippen molar-refractivity contribution in [1.29, 1.82) is 0 Å². The Labute approximate surface area is 119 Å². The monoisotopic (exact) mass is 291 g/mol. The van der Waals surface area contributed by atoms with E-state index in [0.717, 1.165) is 11.0 Å². The average Bonchev–Trinajstić information content (AvgIpc) is 2.86. The Hall–Kier alpha value is -2.15. The van der Waals surface area contributed by atoms with Gasteiger partial charge in [-0.1, -0.05) is 0 Å². The Morgan fingerprint density at radius 1 is 1.35 bits per heavy atom. The van der Waals surface area contributed by atoms with Gasteiger partial charge in [0.15, 0.2) is 10.2 Å². The number of benzene rings is 1. The van der Waals surface area contributed by atoms with Crippen LogP contribution in [0.15, 0.2) is 12.1 Å². The largest absolute Gasteiger partial charge is 0.465 e. The molecule has 0 saturated heterocycles.